The zero-order chi connectivity index (χ0) is 11.1. The number of esters is 1. The van der Waals surface area contributed by atoms with Crippen molar-refractivity contribution in [3.8, 4) is 0 Å². The van der Waals surface area contributed by atoms with Gasteiger partial charge in [-0.1, -0.05) is 0 Å². The van der Waals surface area contributed by atoms with Crippen molar-refractivity contribution < 1.29 is 32.5 Å². The molecule has 1 fully saturated rings. The molecule has 14 heavy (non-hydrogen) atoms. The van der Waals surface area contributed by atoms with Gasteiger partial charge in [-0.15, -0.1) is 0 Å². The van der Waals surface area contributed by atoms with E-state index in [2.05, 4.69) is 9.47 Å². The highest BCUT2D eigenvalue weighted by Gasteiger charge is 2.71. The van der Waals surface area contributed by atoms with Gasteiger partial charge in [0.1, 0.15) is 6.10 Å². The summed E-state index contributed by atoms with van der Waals surface area (Å²) >= 11 is 0. The second-order valence-electron chi connectivity index (χ2n) is 2.98. The number of cyclic esters (lactones) is 1. The van der Waals surface area contributed by atoms with Crippen molar-refractivity contribution in [2.24, 2.45) is 0 Å². The van der Waals surface area contributed by atoms with Crippen LogP contribution in [0.5, 0.6) is 0 Å². The number of hydrogen-bond donors (Lipinski definition) is 1. The minimum Gasteiger partial charge on any atom is -0.457 e. The molecule has 0 amide bonds. The Hall–Kier alpha value is -0.820. The van der Waals surface area contributed by atoms with Gasteiger partial charge in [0.25, 0.3) is 0 Å². The minimum absolute atomic E-state index is 0.773. The Kier molecular flexibility index (Phi) is 2.49. The first-order chi connectivity index (χ1) is 6.27. The Morgan fingerprint density at radius 1 is 1.57 bits per heavy atom. The largest absolute Gasteiger partial charge is 0.457 e. The van der Waals surface area contributed by atoms with Gasteiger partial charge >= 0.3 is 12.1 Å². The van der Waals surface area contributed by atoms with E-state index in [0.717, 1.165) is 14.0 Å². The number of halogens is 3. The molecular formula is C7H9F3O4. The summed E-state index contributed by atoms with van der Waals surface area (Å²) in [5.74, 6) is -1.32. The average molecular weight is 214 g/mol. The summed E-state index contributed by atoms with van der Waals surface area (Å²) < 4.78 is 46.2. The molecule has 0 aromatic rings. The van der Waals surface area contributed by atoms with Crippen LogP contribution in [-0.2, 0) is 14.3 Å². The Morgan fingerprint density at radius 3 is 2.21 bits per heavy atom. The fraction of sp³-hybridized carbons (Fsp3) is 0.857. The Labute approximate surface area is 77.6 Å². The second kappa shape index (κ2) is 3.09. The molecule has 0 saturated carbocycles. The summed E-state index contributed by atoms with van der Waals surface area (Å²) in [4.78, 5) is 10.8. The Balaban J connectivity index is 3.17. The number of rotatable bonds is 1. The number of methoxy groups -OCH3 is 1. The number of hydrogen-bond acceptors (Lipinski definition) is 4. The molecule has 1 N–H and O–H groups in total. The predicted molar refractivity (Wildman–Crippen MR) is 37.4 cm³/mol. The molecule has 1 aliphatic heterocycles. The summed E-state index contributed by atoms with van der Waals surface area (Å²) in [6.07, 6.45) is -8.76. The van der Waals surface area contributed by atoms with E-state index in [1.807, 2.05) is 0 Å². The minimum atomic E-state index is -4.87. The molecular weight excluding hydrogens is 205 g/mol. The first-order valence-corrected chi connectivity index (χ1v) is 3.77. The van der Waals surface area contributed by atoms with E-state index < -0.39 is 30.0 Å². The third-order valence-electron chi connectivity index (χ3n) is 2.31. The molecule has 0 spiro atoms. The number of aliphatic hydroxyl groups is 1. The maximum absolute atomic E-state index is 12.6. The molecule has 3 atom stereocenters. The van der Waals surface area contributed by atoms with Gasteiger partial charge in [0, 0.05) is 7.11 Å². The lowest BCUT2D eigenvalue weighted by atomic mass is 9.92. The number of aliphatic hydroxyl groups excluding tert-OH is 1. The van der Waals surface area contributed by atoms with E-state index in [9.17, 15) is 18.0 Å². The molecule has 0 aromatic heterocycles. The van der Waals surface area contributed by atoms with Gasteiger partial charge in [-0.3, -0.25) is 0 Å². The van der Waals surface area contributed by atoms with Crippen molar-refractivity contribution in [1.82, 2.24) is 0 Å². The molecule has 1 aliphatic rings. The van der Waals surface area contributed by atoms with Crippen molar-refractivity contribution >= 4 is 5.97 Å². The zero-order valence-electron chi connectivity index (χ0n) is 7.46. The third kappa shape index (κ3) is 1.19. The SMILES string of the molecule is CO[C@]1(C(F)(F)F)[C@@H](C)OC(=O)[C@@H]1O. The van der Waals surface area contributed by atoms with Crippen LogP contribution in [0.25, 0.3) is 0 Å². The number of ether oxygens (including phenoxy) is 2. The first-order valence-electron chi connectivity index (χ1n) is 3.77. The van der Waals surface area contributed by atoms with E-state index in [0.29, 0.717) is 0 Å². The molecule has 0 radical (unpaired) electrons. The topological polar surface area (TPSA) is 55.8 Å². The maximum atomic E-state index is 12.6. The van der Waals surface area contributed by atoms with E-state index in [-0.39, 0.29) is 0 Å². The van der Waals surface area contributed by atoms with E-state index in [4.69, 9.17) is 5.11 Å². The molecule has 7 heteroatoms. The Morgan fingerprint density at radius 2 is 2.07 bits per heavy atom. The van der Waals surface area contributed by atoms with Crippen LogP contribution in [0.3, 0.4) is 0 Å². The number of carbonyl (C=O) groups is 1. The number of alkyl halides is 3. The number of carbonyl (C=O) groups excluding carboxylic acids is 1. The van der Waals surface area contributed by atoms with Crippen LogP contribution in [0.4, 0.5) is 13.2 Å². The molecule has 0 aliphatic carbocycles. The highest BCUT2D eigenvalue weighted by atomic mass is 19.4. The van der Waals surface area contributed by atoms with Gasteiger partial charge in [-0.2, -0.15) is 13.2 Å². The van der Waals surface area contributed by atoms with Crippen LogP contribution >= 0.6 is 0 Å². The monoisotopic (exact) mass is 214 g/mol. The Bertz CT molecular complexity index is 252. The van der Waals surface area contributed by atoms with E-state index in [1.54, 1.807) is 0 Å². The van der Waals surface area contributed by atoms with Crippen LogP contribution in [0.1, 0.15) is 6.92 Å². The van der Waals surface area contributed by atoms with Crippen molar-refractivity contribution in [3.05, 3.63) is 0 Å². The molecule has 1 saturated heterocycles. The lowest BCUT2D eigenvalue weighted by Gasteiger charge is -2.33. The zero-order valence-corrected chi connectivity index (χ0v) is 7.46. The van der Waals surface area contributed by atoms with Crippen molar-refractivity contribution in [2.75, 3.05) is 7.11 Å². The van der Waals surface area contributed by atoms with Crippen LogP contribution in [-0.4, -0.2) is 42.2 Å². The first kappa shape index (κ1) is 11.3. The van der Waals surface area contributed by atoms with Gasteiger partial charge in [-0.25, -0.2) is 4.79 Å². The van der Waals surface area contributed by atoms with Gasteiger partial charge in [0.05, 0.1) is 0 Å². The van der Waals surface area contributed by atoms with Gasteiger partial charge in [-0.05, 0) is 6.92 Å². The van der Waals surface area contributed by atoms with E-state index in [1.165, 1.54) is 0 Å². The molecule has 0 unspecified atom stereocenters. The van der Waals surface area contributed by atoms with Crippen LogP contribution < -0.4 is 0 Å². The molecule has 1 rings (SSSR count). The quantitative estimate of drug-likeness (QED) is 0.635. The van der Waals surface area contributed by atoms with Crippen LogP contribution in [0.15, 0.2) is 0 Å². The molecule has 0 bridgehead atoms. The van der Waals surface area contributed by atoms with E-state index >= 15 is 0 Å². The second-order valence-corrected chi connectivity index (χ2v) is 2.98. The standard InChI is InChI=1S/C7H9F3O4/c1-3-6(13-2,7(8,9)10)4(11)5(12)14-3/h3-4,11H,1-2H3/t3-,4+,6-/m1/s1. The van der Waals surface area contributed by atoms with Crippen molar-refractivity contribution in [2.45, 2.75) is 30.9 Å². The van der Waals surface area contributed by atoms with Crippen LogP contribution in [0, 0.1) is 0 Å². The highest BCUT2D eigenvalue weighted by Crippen LogP contribution is 2.43. The smallest absolute Gasteiger partial charge is 0.424 e. The van der Waals surface area contributed by atoms with Crippen molar-refractivity contribution in [3.63, 3.8) is 0 Å². The highest BCUT2D eigenvalue weighted by molar-refractivity contribution is 5.79. The average Bonchev–Trinajstić information content (AvgIpc) is 2.23. The fourth-order valence-corrected chi connectivity index (χ4v) is 1.50. The van der Waals surface area contributed by atoms with Crippen LogP contribution in [0.2, 0.25) is 0 Å². The molecule has 1 heterocycles. The lowest BCUT2D eigenvalue weighted by Crippen LogP contribution is -2.59. The third-order valence-corrected chi connectivity index (χ3v) is 2.31. The molecule has 0 aromatic carbocycles. The summed E-state index contributed by atoms with van der Waals surface area (Å²) in [5.41, 5.74) is -2.95. The summed E-state index contributed by atoms with van der Waals surface area (Å²) in [5, 5.41) is 9.09. The predicted octanol–water partition coefficient (Wildman–Crippen LogP) is 0.240. The summed E-state index contributed by atoms with van der Waals surface area (Å²) in [7, 11) is 0.773. The van der Waals surface area contributed by atoms with Gasteiger partial charge in [0.2, 0.25) is 5.60 Å². The summed E-state index contributed by atoms with van der Waals surface area (Å²) in [6, 6.07) is 0. The van der Waals surface area contributed by atoms with Crippen molar-refractivity contribution in [1.29, 1.82) is 0 Å². The molecule has 4 nitrogen and oxygen atoms in total. The molecule has 82 valence electrons. The summed E-state index contributed by atoms with van der Waals surface area (Å²) in [6.45, 7) is 1.02. The normalized spacial score (nSPS) is 38.6. The fourth-order valence-electron chi connectivity index (χ4n) is 1.50. The maximum Gasteiger partial charge on any atom is 0.424 e. The van der Waals surface area contributed by atoms with Gasteiger partial charge in [0.15, 0.2) is 6.10 Å². The lowest BCUT2D eigenvalue weighted by molar-refractivity contribution is -0.300. The van der Waals surface area contributed by atoms with Gasteiger partial charge < -0.3 is 14.6 Å².